The third kappa shape index (κ3) is 6.09. The highest BCUT2D eigenvalue weighted by Crippen LogP contribution is 2.45. The quantitative estimate of drug-likeness (QED) is 0.156. The molecule has 0 N–H and O–H groups in total. The summed E-state index contributed by atoms with van der Waals surface area (Å²) in [6.07, 6.45) is 0. The molecule has 0 radical (unpaired) electrons. The minimum Gasteiger partial charge on any atom is -0.311 e. The van der Waals surface area contributed by atoms with Crippen LogP contribution in [0.15, 0.2) is 212 Å². The molecule has 0 bridgehead atoms. The molecular weight excluding hydrogens is 727 g/mol. The fourth-order valence-electron chi connectivity index (χ4n) is 8.22. The lowest BCUT2D eigenvalue weighted by molar-refractivity contribution is 1.28. The van der Waals surface area contributed by atoms with E-state index >= 15 is 0 Å². The summed E-state index contributed by atoms with van der Waals surface area (Å²) in [5.41, 5.74) is 13.1. The third-order valence-electron chi connectivity index (χ3n) is 11.1. The van der Waals surface area contributed by atoms with Crippen LogP contribution in [0.3, 0.4) is 0 Å². The van der Waals surface area contributed by atoms with Gasteiger partial charge in [0.1, 0.15) is 0 Å². The van der Waals surface area contributed by atoms with Crippen LogP contribution in [0.4, 0.5) is 17.1 Å². The van der Waals surface area contributed by atoms with Crippen molar-refractivity contribution in [1.29, 1.82) is 0 Å². The predicted octanol–water partition coefficient (Wildman–Crippen LogP) is 16.6. The van der Waals surface area contributed by atoms with Gasteiger partial charge in [-0.2, -0.15) is 0 Å². The first-order valence-corrected chi connectivity index (χ1v) is 21.0. The van der Waals surface area contributed by atoms with Crippen LogP contribution in [-0.2, 0) is 0 Å². The normalized spacial score (nSPS) is 11.5. The number of hydrogen-bond acceptors (Lipinski definition) is 3. The van der Waals surface area contributed by atoms with E-state index in [0.717, 1.165) is 17.1 Å². The molecule has 0 spiro atoms. The van der Waals surface area contributed by atoms with Crippen molar-refractivity contribution in [2.75, 3.05) is 4.90 Å². The van der Waals surface area contributed by atoms with Gasteiger partial charge in [-0.3, -0.25) is 0 Å². The Kier molecular flexibility index (Phi) is 8.28. The fraction of sp³-hybridized carbons (Fsp3) is 0. The summed E-state index contributed by atoms with van der Waals surface area (Å²) in [7, 11) is 0. The molecule has 0 aliphatic heterocycles. The van der Waals surface area contributed by atoms with Crippen LogP contribution in [0.1, 0.15) is 0 Å². The van der Waals surface area contributed by atoms with Crippen LogP contribution in [0.25, 0.3) is 84.9 Å². The molecule has 1 nitrogen and oxygen atoms in total. The van der Waals surface area contributed by atoms with Crippen LogP contribution in [-0.4, -0.2) is 0 Å². The molecule has 0 atom stereocenters. The third-order valence-corrected chi connectivity index (χ3v) is 13.5. The van der Waals surface area contributed by atoms with E-state index in [4.69, 9.17) is 0 Å². The molecule has 3 heteroatoms. The van der Waals surface area contributed by atoms with E-state index in [1.54, 1.807) is 0 Å². The maximum Gasteiger partial charge on any atom is 0.0462 e. The van der Waals surface area contributed by atoms with E-state index < -0.39 is 0 Å². The maximum absolute atomic E-state index is 2.41. The highest BCUT2D eigenvalue weighted by Gasteiger charge is 2.17. The smallest absolute Gasteiger partial charge is 0.0462 e. The number of benzene rings is 9. The van der Waals surface area contributed by atoms with Gasteiger partial charge < -0.3 is 4.90 Å². The zero-order valence-corrected chi connectivity index (χ0v) is 32.6. The fourth-order valence-corrected chi connectivity index (χ4v) is 10.5. The lowest BCUT2D eigenvalue weighted by Crippen LogP contribution is -2.09. The van der Waals surface area contributed by atoms with Gasteiger partial charge in [0, 0.05) is 63.0 Å². The first-order valence-electron chi connectivity index (χ1n) is 19.3. The van der Waals surface area contributed by atoms with Crippen molar-refractivity contribution < 1.29 is 0 Å². The molecule has 0 aliphatic carbocycles. The van der Waals surface area contributed by atoms with Gasteiger partial charge in [-0.25, -0.2) is 0 Å². The SMILES string of the molecule is c1ccc(-c2ccc(N(c3ccc(-c4ccccc4)cc3)c3ccc(-c4cc(-c5ccc6sc7ccccc7c6c5)cc5c4sc4ccccc45)cc3)cc2)cc1. The van der Waals surface area contributed by atoms with Crippen molar-refractivity contribution in [2.45, 2.75) is 0 Å². The van der Waals surface area contributed by atoms with Gasteiger partial charge in [0.05, 0.1) is 0 Å². The zero-order valence-electron chi connectivity index (χ0n) is 31.0. The minimum atomic E-state index is 1.11. The Bertz CT molecular complexity index is 3110. The summed E-state index contributed by atoms with van der Waals surface area (Å²) >= 11 is 3.76. The van der Waals surface area contributed by atoms with E-state index in [9.17, 15) is 0 Å². The van der Waals surface area contributed by atoms with Gasteiger partial charge in [-0.15, -0.1) is 22.7 Å². The molecule has 0 aliphatic rings. The number of rotatable bonds is 7. The van der Waals surface area contributed by atoms with Gasteiger partial charge in [0.15, 0.2) is 0 Å². The number of nitrogens with zero attached hydrogens (tertiary/aromatic N) is 1. The summed E-state index contributed by atoms with van der Waals surface area (Å²) in [6.45, 7) is 0. The molecule has 0 amide bonds. The molecule has 0 saturated carbocycles. The van der Waals surface area contributed by atoms with Crippen molar-refractivity contribution in [3.05, 3.63) is 212 Å². The van der Waals surface area contributed by atoms with Gasteiger partial charge >= 0.3 is 0 Å². The number of hydrogen-bond donors (Lipinski definition) is 0. The molecular formula is C54H35NS2. The Balaban J connectivity index is 1.03. The second kappa shape index (κ2) is 14.1. The van der Waals surface area contributed by atoms with Crippen molar-refractivity contribution in [1.82, 2.24) is 0 Å². The molecule has 0 fully saturated rings. The number of fused-ring (bicyclic) bond motifs is 6. The lowest BCUT2D eigenvalue weighted by Gasteiger charge is -2.26. The largest absolute Gasteiger partial charge is 0.311 e. The highest BCUT2D eigenvalue weighted by atomic mass is 32.1. The van der Waals surface area contributed by atoms with E-state index in [1.807, 2.05) is 22.7 Å². The first kappa shape index (κ1) is 33.5. The molecule has 268 valence electrons. The van der Waals surface area contributed by atoms with E-state index in [0.29, 0.717) is 0 Å². The molecule has 0 unspecified atom stereocenters. The van der Waals surface area contributed by atoms with Crippen LogP contribution >= 0.6 is 22.7 Å². The van der Waals surface area contributed by atoms with Crippen molar-refractivity contribution in [3.8, 4) is 44.5 Å². The Morgan fingerprint density at radius 1 is 0.263 bits per heavy atom. The van der Waals surface area contributed by atoms with Crippen molar-refractivity contribution in [3.63, 3.8) is 0 Å². The van der Waals surface area contributed by atoms with Gasteiger partial charge in [-0.1, -0.05) is 140 Å². The lowest BCUT2D eigenvalue weighted by atomic mass is 9.95. The number of thiophene rings is 2. The Hall–Kier alpha value is -6.78. The van der Waals surface area contributed by atoms with Crippen LogP contribution in [0, 0.1) is 0 Å². The predicted molar refractivity (Wildman–Crippen MR) is 249 cm³/mol. The average Bonchev–Trinajstić information content (AvgIpc) is 3.86. The molecule has 2 heterocycles. The highest BCUT2D eigenvalue weighted by molar-refractivity contribution is 7.26. The zero-order chi connectivity index (χ0) is 37.7. The standard InChI is InChI=1S/C54H35NS2/c1-3-11-36(12-4-1)38-19-26-43(27-20-38)55(44-28-21-39(22-29-44)37-13-5-2-6-14-37)45-30-23-40(24-31-45)48-34-42(35-50-47-16-8-10-18-52(47)57-54(48)50)41-25-32-53-49(33-41)46-15-7-9-17-51(46)56-53/h1-35H. The first-order chi connectivity index (χ1) is 28.2. The van der Waals surface area contributed by atoms with Crippen molar-refractivity contribution >= 4 is 80.1 Å². The second-order valence-corrected chi connectivity index (χ2v) is 16.7. The van der Waals surface area contributed by atoms with Gasteiger partial charge in [0.2, 0.25) is 0 Å². The summed E-state index contributed by atoms with van der Waals surface area (Å²) in [4.78, 5) is 2.36. The van der Waals surface area contributed by atoms with Crippen LogP contribution in [0.2, 0.25) is 0 Å². The van der Waals surface area contributed by atoms with Crippen LogP contribution in [0.5, 0.6) is 0 Å². The van der Waals surface area contributed by atoms with Gasteiger partial charge in [0.25, 0.3) is 0 Å². The Morgan fingerprint density at radius 2 is 0.684 bits per heavy atom. The Labute approximate surface area is 340 Å². The second-order valence-electron chi connectivity index (χ2n) is 14.5. The summed E-state index contributed by atoms with van der Waals surface area (Å²) in [5, 5.41) is 5.26. The topological polar surface area (TPSA) is 3.24 Å². The molecule has 0 saturated heterocycles. The summed E-state index contributed by atoms with van der Waals surface area (Å²) in [6, 6.07) is 77.6. The molecule has 57 heavy (non-hydrogen) atoms. The monoisotopic (exact) mass is 761 g/mol. The Morgan fingerprint density at radius 3 is 1.26 bits per heavy atom. The minimum absolute atomic E-state index is 1.11. The van der Waals surface area contributed by atoms with E-state index in [2.05, 4.69) is 217 Å². The van der Waals surface area contributed by atoms with Gasteiger partial charge in [-0.05, 0) is 112 Å². The average molecular weight is 762 g/mol. The van der Waals surface area contributed by atoms with E-state index in [1.165, 1.54) is 84.9 Å². The van der Waals surface area contributed by atoms with E-state index in [-0.39, 0.29) is 0 Å². The summed E-state index contributed by atoms with van der Waals surface area (Å²) < 4.78 is 5.29. The molecule has 9 aromatic carbocycles. The summed E-state index contributed by atoms with van der Waals surface area (Å²) in [5.74, 6) is 0. The van der Waals surface area contributed by atoms with Crippen LogP contribution < -0.4 is 4.90 Å². The molecule has 2 aromatic heterocycles. The maximum atomic E-state index is 2.41. The molecule has 11 rings (SSSR count). The number of anilines is 3. The van der Waals surface area contributed by atoms with Crippen molar-refractivity contribution in [2.24, 2.45) is 0 Å². The molecule has 11 aromatic rings.